The summed E-state index contributed by atoms with van der Waals surface area (Å²) in [5.41, 5.74) is 0. The minimum absolute atomic E-state index is 0.195. The second-order valence-corrected chi connectivity index (χ2v) is 20.2. The Kier molecular flexibility index (Phi) is 8.84. The molecule has 0 N–H and O–H groups in total. The molecule has 4 aromatic carbocycles. The summed E-state index contributed by atoms with van der Waals surface area (Å²) in [5.74, 6) is 0. The van der Waals surface area contributed by atoms with Gasteiger partial charge in [-0.3, -0.25) is 0 Å². The van der Waals surface area contributed by atoms with Gasteiger partial charge in [-0.05, 0) is 0 Å². The average Bonchev–Trinajstić information content (AvgIpc) is 2.89. The molecule has 4 rings (SSSR count). The minimum atomic E-state index is -3.00. The zero-order chi connectivity index (χ0) is 26.5. The van der Waals surface area contributed by atoms with E-state index in [1.165, 1.54) is 21.2 Å². The van der Waals surface area contributed by atoms with Crippen molar-refractivity contribution in [2.45, 2.75) is 51.6 Å². The molecule has 0 aliphatic heterocycles. The van der Waals surface area contributed by atoms with Crippen LogP contribution in [0.5, 0.6) is 0 Å². The van der Waals surface area contributed by atoms with Crippen LogP contribution in [0.3, 0.4) is 0 Å². The number of benzene rings is 4. The van der Waals surface area contributed by atoms with Crippen LogP contribution < -0.4 is 21.2 Å². The van der Waals surface area contributed by atoms with Crippen molar-refractivity contribution in [3.8, 4) is 0 Å². The fraction of sp³-hybridized carbons (Fsp3) is 0.250. The number of hydrogen-bond donors (Lipinski definition) is 0. The van der Waals surface area contributed by atoms with Gasteiger partial charge in [0.1, 0.15) is 0 Å². The molecule has 37 heavy (non-hydrogen) atoms. The first-order chi connectivity index (χ1) is 17.6. The van der Waals surface area contributed by atoms with E-state index < -0.39 is 24.9 Å². The highest BCUT2D eigenvalue weighted by Crippen LogP contribution is 2.61. The predicted molar refractivity (Wildman–Crippen MR) is 165 cm³/mol. The van der Waals surface area contributed by atoms with Gasteiger partial charge >= 0.3 is 8.56 Å². The van der Waals surface area contributed by atoms with E-state index in [-0.39, 0.29) is 10.1 Å². The maximum absolute atomic E-state index is 7.61. The zero-order valence-corrected chi connectivity index (χ0v) is 25.5. The topological polar surface area (TPSA) is 18.5 Å². The molecule has 0 heterocycles. The van der Waals surface area contributed by atoms with Gasteiger partial charge in [-0.1, -0.05) is 163 Å². The largest absolute Gasteiger partial charge is 0.362 e. The quantitative estimate of drug-likeness (QED) is 0.165. The van der Waals surface area contributed by atoms with E-state index in [0.29, 0.717) is 0 Å². The van der Waals surface area contributed by atoms with Crippen molar-refractivity contribution in [1.29, 1.82) is 0 Å². The summed E-state index contributed by atoms with van der Waals surface area (Å²) in [4.78, 5) is 0. The van der Waals surface area contributed by atoms with E-state index in [4.69, 9.17) is 8.43 Å². The van der Waals surface area contributed by atoms with Gasteiger partial charge in [0.05, 0.1) is 16.3 Å². The highest BCUT2D eigenvalue weighted by atomic mass is 31.1. The molecule has 0 unspecified atom stereocenters. The summed E-state index contributed by atoms with van der Waals surface area (Å²) in [7, 11) is -5.18. The van der Waals surface area contributed by atoms with E-state index >= 15 is 0 Å². The van der Waals surface area contributed by atoms with Crippen LogP contribution in [-0.2, 0) is 8.43 Å². The van der Waals surface area contributed by atoms with Crippen LogP contribution in [0.15, 0.2) is 121 Å². The van der Waals surface area contributed by atoms with Crippen LogP contribution in [0.2, 0.25) is 10.1 Å². The van der Waals surface area contributed by atoms with Crippen LogP contribution in [0.25, 0.3) is 0 Å². The van der Waals surface area contributed by atoms with Gasteiger partial charge in [-0.2, -0.15) is 0 Å². The zero-order valence-electron chi connectivity index (χ0n) is 22.8. The summed E-state index contributed by atoms with van der Waals surface area (Å²) in [6, 6.07) is 42.7. The summed E-state index contributed by atoms with van der Waals surface area (Å²) >= 11 is 0. The summed E-state index contributed by atoms with van der Waals surface area (Å²) < 4.78 is 15.2. The van der Waals surface area contributed by atoms with Gasteiger partial charge in [-0.15, -0.1) is 0 Å². The van der Waals surface area contributed by atoms with Crippen LogP contribution in [-0.4, -0.2) is 8.56 Å². The Balaban J connectivity index is 1.90. The average molecular weight is 545 g/mol. The second-order valence-electron chi connectivity index (χ2n) is 11.2. The van der Waals surface area contributed by atoms with Gasteiger partial charge in [0.2, 0.25) is 0 Å². The summed E-state index contributed by atoms with van der Waals surface area (Å²) in [6.07, 6.45) is 0. The molecule has 0 bridgehead atoms. The molecule has 0 aromatic heterocycles. The maximum atomic E-state index is 7.61. The smallest absolute Gasteiger partial charge is 0.356 e. The van der Waals surface area contributed by atoms with Crippen LogP contribution in [0.1, 0.15) is 41.5 Å². The lowest BCUT2D eigenvalue weighted by Crippen LogP contribution is -2.57. The SMILES string of the molecule is CC(C)(C)[Si](OP(c1ccccc1)c1ccccc1)(OP(c1ccccc1)c1ccccc1)C(C)(C)C. The van der Waals surface area contributed by atoms with E-state index in [1.54, 1.807) is 0 Å². The molecular formula is C32H38O2P2Si. The van der Waals surface area contributed by atoms with Gasteiger partial charge in [0.25, 0.3) is 0 Å². The summed E-state index contributed by atoms with van der Waals surface area (Å²) in [6.45, 7) is 13.8. The second kappa shape index (κ2) is 11.7. The first-order valence-electron chi connectivity index (χ1n) is 12.8. The van der Waals surface area contributed by atoms with Gasteiger partial charge in [0, 0.05) is 31.3 Å². The molecule has 0 amide bonds. The van der Waals surface area contributed by atoms with Gasteiger partial charge in [0.15, 0.2) is 0 Å². The maximum Gasteiger partial charge on any atom is 0.356 e. The molecule has 0 aliphatic rings. The van der Waals surface area contributed by atoms with Gasteiger partial charge < -0.3 is 8.43 Å². The van der Waals surface area contributed by atoms with Crippen molar-refractivity contribution < 1.29 is 8.43 Å². The van der Waals surface area contributed by atoms with Crippen molar-refractivity contribution in [3.63, 3.8) is 0 Å². The van der Waals surface area contributed by atoms with Crippen molar-refractivity contribution in [2.24, 2.45) is 0 Å². The van der Waals surface area contributed by atoms with Crippen molar-refractivity contribution in [1.82, 2.24) is 0 Å². The Morgan fingerprint density at radius 3 is 0.811 bits per heavy atom. The van der Waals surface area contributed by atoms with Crippen molar-refractivity contribution >= 4 is 46.1 Å². The Bertz CT molecular complexity index is 1060. The van der Waals surface area contributed by atoms with Crippen LogP contribution in [0.4, 0.5) is 0 Å². The molecular weight excluding hydrogens is 506 g/mol. The molecule has 0 atom stereocenters. The number of rotatable bonds is 8. The third-order valence-electron chi connectivity index (χ3n) is 6.38. The number of hydrogen-bond acceptors (Lipinski definition) is 2. The molecule has 0 radical (unpaired) electrons. The lowest BCUT2D eigenvalue weighted by atomic mass is 10.2. The predicted octanol–water partition coefficient (Wildman–Crippen LogP) is 8.16. The molecule has 5 heteroatoms. The van der Waals surface area contributed by atoms with Crippen LogP contribution >= 0.6 is 16.3 Å². The molecule has 0 saturated heterocycles. The van der Waals surface area contributed by atoms with E-state index in [1.807, 2.05) is 0 Å². The monoisotopic (exact) mass is 544 g/mol. The lowest BCUT2D eigenvalue weighted by Gasteiger charge is -2.51. The molecule has 0 fully saturated rings. The third kappa shape index (κ3) is 6.31. The fourth-order valence-corrected chi connectivity index (χ4v) is 17.9. The molecule has 4 aromatic rings. The third-order valence-corrected chi connectivity index (χ3v) is 16.9. The van der Waals surface area contributed by atoms with E-state index in [9.17, 15) is 0 Å². The fourth-order valence-electron chi connectivity index (χ4n) is 4.71. The Hall–Kier alpha value is -2.12. The van der Waals surface area contributed by atoms with Gasteiger partial charge in [-0.25, -0.2) is 0 Å². The molecule has 0 saturated carbocycles. The van der Waals surface area contributed by atoms with Crippen LogP contribution in [0, 0.1) is 0 Å². The Morgan fingerprint density at radius 1 is 0.405 bits per heavy atom. The van der Waals surface area contributed by atoms with Crippen molar-refractivity contribution in [3.05, 3.63) is 121 Å². The highest BCUT2D eigenvalue weighted by molar-refractivity contribution is 7.71. The first-order valence-corrected chi connectivity index (χ1v) is 17.1. The van der Waals surface area contributed by atoms with E-state index in [0.717, 1.165) is 0 Å². The normalized spacial score (nSPS) is 12.8. The lowest BCUT2D eigenvalue weighted by molar-refractivity contribution is 0.329. The Labute approximate surface area is 227 Å². The molecule has 0 spiro atoms. The van der Waals surface area contributed by atoms with E-state index in [2.05, 4.69) is 163 Å². The standard InChI is InChI=1S/C32H38O2P2Si/c1-31(2,3)37(32(4,5)6,33-35(27-19-11-7-12-20-27)28-21-13-8-14-22-28)34-36(29-23-15-9-16-24-29)30-25-17-10-18-26-30/h7-26H,1-6H3. The highest BCUT2D eigenvalue weighted by Gasteiger charge is 2.61. The van der Waals surface area contributed by atoms with Crippen molar-refractivity contribution in [2.75, 3.05) is 0 Å². The molecule has 2 nitrogen and oxygen atoms in total. The first kappa shape index (κ1) is 27.9. The summed E-state index contributed by atoms with van der Waals surface area (Å²) in [5, 5.41) is 4.45. The molecule has 192 valence electrons. The minimum Gasteiger partial charge on any atom is -0.362 e. The molecule has 0 aliphatic carbocycles. The Morgan fingerprint density at radius 2 is 0.622 bits per heavy atom.